The van der Waals surface area contributed by atoms with Crippen LogP contribution in [0.2, 0.25) is 5.15 Å². The van der Waals surface area contributed by atoms with E-state index in [1.807, 2.05) is 14.0 Å². The lowest BCUT2D eigenvalue weighted by atomic mass is 10.3. The number of halogens is 1. The number of aryl methyl sites for hydroxylation is 2. The molecule has 0 fully saturated rings. The second-order valence-corrected chi connectivity index (χ2v) is 5.19. The van der Waals surface area contributed by atoms with Gasteiger partial charge in [0.25, 0.3) is 0 Å². The van der Waals surface area contributed by atoms with Gasteiger partial charge in [-0.3, -0.25) is 0 Å². The van der Waals surface area contributed by atoms with Crippen molar-refractivity contribution in [3.05, 3.63) is 22.9 Å². The Balaban J connectivity index is 2.34. The second kappa shape index (κ2) is 5.67. The van der Waals surface area contributed by atoms with E-state index in [1.54, 1.807) is 4.68 Å². The average molecular weight is 284 g/mol. The largest absolute Gasteiger partial charge is 0.244 e. The zero-order chi connectivity index (χ0) is 13.1. The Morgan fingerprint density at radius 2 is 2.17 bits per heavy atom. The van der Waals surface area contributed by atoms with Crippen LogP contribution >= 0.6 is 23.4 Å². The summed E-state index contributed by atoms with van der Waals surface area (Å²) in [5, 5.41) is 6.17. The van der Waals surface area contributed by atoms with Crippen molar-refractivity contribution in [2.24, 2.45) is 7.05 Å². The molecule has 0 aromatic carbocycles. The molecule has 0 aliphatic carbocycles. The Bertz CT molecular complexity index is 554. The number of hydrogen-bond acceptors (Lipinski definition) is 5. The Morgan fingerprint density at radius 1 is 1.39 bits per heavy atom. The number of aromatic nitrogens is 5. The number of hydrogen-bond donors (Lipinski definition) is 0. The van der Waals surface area contributed by atoms with Gasteiger partial charge < -0.3 is 0 Å². The van der Waals surface area contributed by atoms with E-state index in [4.69, 9.17) is 11.6 Å². The summed E-state index contributed by atoms with van der Waals surface area (Å²) in [7, 11) is 1.85. The van der Waals surface area contributed by atoms with Crippen LogP contribution in [0.1, 0.15) is 24.7 Å². The van der Waals surface area contributed by atoms with Gasteiger partial charge in [-0.2, -0.15) is 5.10 Å². The Morgan fingerprint density at radius 3 is 2.78 bits per heavy atom. The number of nitrogens with zero attached hydrogens (tertiary/aromatic N) is 5. The van der Waals surface area contributed by atoms with Gasteiger partial charge in [0.05, 0.1) is 0 Å². The maximum atomic E-state index is 6.13. The predicted octanol–water partition coefficient (Wildman–Crippen LogP) is 2.67. The Hall–Kier alpha value is -1.14. The maximum absolute atomic E-state index is 6.13. The van der Waals surface area contributed by atoms with Gasteiger partial charge in [-0.05, 0) is 25.1 Å². The molecule has 0 radical (unpaired) electrons. The molecule has 0 N–H and O–H groups in total. The van der Waals surface area contributed by atoms with Crippen LogP contribution in [0.15, 0.2) is 16.5 Å². The Kier molecular flexibility index (Phi) is 4.19. The van der Waals surface area contributed by atoms with Crippen molar-refractivity contribution < 1.29 is 0 Å². The molecular formula is C11H14ClN5S. The van der Waals surface area contributed by atoms with Crippen molar-refractivity contribution in [1.29, 1.82) is 0 Å². The summed E-state index contributed by atoms with van der Waals surface area (Å²) in [6, 6.07) is 0. The van der Waals surface area contributed by atoms with Crippen LogP contribution in [0.4, 0.5) is 0 Å². The quantitative estimate of drug-likeness (QED) is 0.808. The zero-order valence-electron chi connectivity index (χ0n) is 10.5. The first-order valence-corrected chi connectivity index (χ1v) is 6.86. The van der Waals surface area contributed by atoms with Crippen LogP contribution in [-0.2, 0) is 13.5 Å². The topological polar surface area (TPSA) is 56.5 Å². The van der Waals surface area contributed by atoms with E-state index < -0.39 is 0 Å². The molecule has 2 aromatic heterocycles. The fourth-order valence-corrected chi connectivity index (χ4v) is 2.51. The molecule has 0 atom stereocenters. The van der Waals surface area contributed by atoms with Crippen LogP contribution in [0.5, 0.6) is 0 Å². The first-order valence-electron chi connectivity index (χ1n) is 5.66. The minimum Gasteiger partial charge on any atom is -0.244 e. The highest BCUT2D eigenvalue weighted by molar-refractivity contribution is 7.99. The zero-order valence-corrected chi connectivity index (χ0v) is 12.1. The minimum absolute atomic E-state index is 0.512. The standard InChI is InChI=1S/C11H14ClN5S/c1-4-5-8-15-9(12)7(2)10(16-8)18-11-13-6-14-17(11)3/h6H,4-5H2,1-3H3. The van der Waals surface area contributed by atoms with Crippen LogP contribution < -0.4 is 0 Å². The molecule has 18 heavy (non-hydrogen) atoms. The van der Waals surface area contributed by atoms with E-state index in [9.17, 15) is 0 Å². The molecule has 0 aliphatic heterocycles. The summed E-state index contributed by atoms with van der Waals surface area (Å²) in [6.07, 6.45) is 3.34. The highest BCUT2D eigenvalue weighted by atomic mass is 35.5. The lowest BCUT2D eigenvalue weighted by Gasteiger charge is -2.07. The number of rotatable bonds is 4. The van der Waals surface area contributed by atoms with Gasteiger partial charge in [0, 0.05) is 19.0 Å². The summed E-state index contributed by atoms with van der Waals surface area (Å²) in [5.41, 5.74) is 0.879. The van der Waals surface area contributed by atoms with Gasteiger partial charge in [-0.25, -0.2) is 19.6 Å². The molecule has 2 aromatic rings. The first-order chi connectivity index (χ1) is 8.61. The summed E-state index contributed by atoms with van der Waals surface area (Å²) in [4.78, 5) is 13.0. The molecule has 0 aliphatic rings. The van der Waals surface area contributed by atoms with E-state index >= 15 is 0 Å². The summed E-state index contributed by atoms with van der Waals surface area (Å²) >= 11 is 7.58. The predicted molar refractivity (Wildman–Crippen MR) is 70.9 cm³/mol. The van der Waals surface area contributed by atoms with Crippen molar-refractivity contribution in [2.45, 2.75) is 36.9 Å². The van der Waals surface area contributed by atoms with Crippen LogP contribution in [0.3, 0.4) is 0 Å². The van der Waals surface area contributed by atoms with Crippen molar-refractivity contribution >= 4 is 23.4 Å². The van der Waals surface area contributed by atoms with Crippen molar-refractivity contribution in [3.63, 3.8) is 0 Å². The molecule has 0 saturated heterocycles. The molecule has 2 rings (SSSR count). The molecule has 0 bridgehead atoms. The third-order valence-electron chi connectivity index (χ3n) is 2.42. The molecule has 0 spiro atoms. The van der Waals surface area contributed by atoms with Gasteiger partial charge >= 0.3 is 0 Å². The molecule has 96 valence electrons. The monoisotopic (exact) mass is 283 g/mol. The van der Waals surface area contributed by atoms with Gasteiger partial charge in [0.2, 0.25) is 0 Å². The van der Waals surface area contributed by atoms with Gasteiger partial charge in [-0.15, -0.1) is 0 Å². The van der Waals surface area contributed by atoms with E-state index in [1.165, 1.54) is 18.1 Å². The van der Waals surface area contributed by atoms with Gasteiger partial charge in [0.15, 0.2) is 5.16 Å². The summed E-state index contributed by atoms with van der Waals surface area (Å²) < 4.78 is 1.71. The second-order valence-electron chi connectivity index (χ2n) is 3.88. The summed E-state index contributed by atoms with van der Waals surface area (Å²) in [5.74, 6) is 0.776. The lowest BCUT2D eigenvalue weighted by Crippen LogP contribution is -2.01. The smallest absolute Gasteiger partial charge is 0.192 e. The van der Waals surface area contributed by atoms with Gasteiger partial charge in [-0.1, -0.05) is 18.5 Å². The molecular weight excluding hydrogens is 270 g/mol. The average Bonchev–Trinajstić information content (AvgIpc) is 2.72. The van der Waals surface area contributed by atoms with Crippen molar-refractivity contribution in [1.82, 2.24) is 24.7 Å². The normalized spacial score (nSPS) is 10.9. The fourth-order valence-electron chi connectivity index (χ4n) is 1.41. The van der Waals surface area contributed by atoms with Crippen LogP contribution in [0.25, 0.3) is 0 Å². The first kappa shape index (κ1) is 13.3. The van der Waals surface area contributed by atoms with Crippen LogP contribution in [-0.4, -0.2) is 24.7 Å². The molecule has 0 saturated carbocycles. The van der Waals surface area contributed by atoms with Crippen molar-refractivity contribution in [3.8, 4) is 0 Å². The third kappa shape index (κ3) is 2.81. The minimum atomic E-state index is 0.512. The van der Waals surface area contributed by atoms with E-state index in [-0.39, 0.29) is 0 Å². The molecule has 7 heteroatoms. The molecule has 2 heterocycles. The Labute approximate surface area is 115 Å². The van der Waals surface area contributed by atoms with E-state index in [2.05, 4.69) is 27.0 Å². The van der Waals surface area contributed by atoms with Crippen molar-refractivity contribution in [2.75, 3.05) is 0 Å². The van der Waals surface area contributed by atoms with E-state index in [0.717, 1.165) is 34.4 Å². The fraction of sp³-hybridized carbons (Fsp3) is 0.455. The molecule has 0 amide bonds. The third-order valence-corrected chi connectivity index (χ3v) is 3.93. The highest BCUT2D eigenvalue weighted by Gasteiger charge is 2.13. The maximum Gasteiger partial charge on any atom is 0.192 e. The lowest BCUT2D eigenvalue weighted by molar-refractivity contribution is 0.683. The SMILES string of the molecule is CCCc1nc(Cl)c(C)c(Sc2ncnn2C)n1. The summed E-state index contributed by atoms with van der Waals surface area (Å²) in [6.45, 7) is 4.00. The van der Waals surface area contributed by atoms with Crippen LogP contribution in [0, 0.1) is 6.92 Å². The molecule has 5 nitrogen and oxygen atoms in total. The highest BCUT2D eigenvalue weighted by Crippen LogP contribution is 2.29. The van der Waals surface area contributed by atoms with Gasteiger partial charge in [0.1, 0.15) is 22.3 Å². The van der Waals surface area contributed by atoms with E-state index in [0.29, 0.717) is 5.15 Å². The molecule has 0 unspecified atom stereocenters.